The van der Waals surface area contributed by atoms with E-state index in [1.54, 1.807) is 12.1 Å². The number of aliphatic carboxylic acids is 1. The summed E-state index contributed by atoms with van der Waals surface area (Å²) in [7, 11) is 0. The van der Waals surface area contributed by atoms with Crippen LogP contribution in [0.4, 0.5) is 0 Å². The van der Waals surface area contributed by atoms with E-state index < -0.39 is 5.97 Å². The first-order chi connectivity index (χ1) is 9.54. The average molecular weight is 278 g/mol. The van der Waals surface area contributed by atoms with Crippen LogP contribution in [-0.4, -0.2) is 23.5 Å². The largest absolute Gasteiger partial charge is 0.481 e. The number of carbonyl (C=O) groups excluding carboxylic acids is 1. The number of carbonyl (C=O) groups is 2. The Morgan fingerprint density at radius 3 is 2.55 bits per heavy atom. The van der Waals surface area contributed by atoms with Crippen molar-refractivity contribution in [3.8, 4) is 0 Å². The van der Waals surface area contributed by atoms with Gasteiger partial charge in [-0.1, -0.05) is 31.2 Å². The molecule has 110 valence electrons. The predicted octanol–water partition coefficient (Wildman–Crippen LogP) is 1.30. The maximum Gasteiger partial charge on any atom is 0.307 e. The molecule has 5 nitrogen and oxygen atoms in total. The molecule has 0 aliphatic rings. The Morgan fingerprint density at radius 1 is 1.30 bits per heavy atom. The lowest BCUT2D eigenvalue weighted by Gasteiger charge is -2.13. The van der Waals surface area contributed by atoms with Crippen molar-refractivity contribution in [3.05, 3.63) is 35.4 Å². The third-order valence-corrected chi connectivity index (χ3v) is 3.20. The summed E-state index contributed by atoms with van der Waals surface area (Å²) in [5.74, 6) is -0.978. The van der Waals surface area contributed by atoms with Gasteiger partial charge in [0.15, 0.2) is 0 Å². The van der Waals surface area contributed by atoms with Gasteiger partial charge < -0.3 is 16.2 Å². The molecule has 1 rings (SSSR count). The van der Waals surface area contributed by atoms with Gasteiger partial charge >= 0.3 is 5.97 Å². The molecule has 20 heavy (non-hydrogen) atoms. The Hall–Kier alpha value is -1.88. The van der Waals surface area contributed by atoms with Crippen LogP contribution in [-0.2, 0) is 22.6 Å². The molecule has 1 amide bonds. The van der Waals surface area contributed by atoms with E-state index in [-0.39, 0.29) is 18.2 Å². The molecule has 1 aromatic carbocycles. The van der Waals surface area contributed by atoms with Crippen molar-refractivity contribution in [2.45, 2.75) is 32.7 Å². The summed E-state index contributed by atoms with van der Waals surface area (Å²) in [4.78, 5) is 22.7. The van der Waals surface area contributed by atoms with Gasteiger partial charge in [-0.05, 0) is 30.5 Å². The van der Waals surface area contributed by atoms with E-state index in [1.165, 1.54) is 0 Å². The van der Waals surface area contributed by atoms with E-state index in [9.17, 15) is 9.59 Å². The Bertz CT molecular complexity index is 460. The molecule has 0 radical (unpaired) electrons. The molecule has 0 fully saturated rings. The number of nitrogens with one attached hydrogen (secondary N) is 1. The minimum absolute atomic E-state index is 0.0245. The number of carboxylic acid groups (broad SMARTS) is 1. The highest BCUT2D eigenvalue weighted by molar-refractivity contribution is 5.78. The first-order valence-corrected chi connectivity index (χ1v) is 6.81. The third kappa shape index (κ3) is 5.40. The Kier molecular flexibility index (Phi) is 6.73. The van der Waals surface area contributed by atoms with E-state index in [0.717, 1.165) is 24.0 Å². The summed E-state index contributed by atoms with van der Waals surface area (Å²) in [6.07, 6.45) is 1.55. The number of benzene rings is 1. The third-order valence-electron chi connectivity index (χ3n) is 3.20. The van der Waals surface area contributed by atoms with E-state index in [1.807, 2.05) is 19.1 Å². The highest BCUT2D eigenvalue weighted by Gasteiger charge is 2.13. The summed E-state index contributed by atoms with van der Waals surface area (Å²) in [5, 5.41) is 11.7. The molecule has 0 saturated heterocycles. The van der Waals surface area contributed by atoms with Crippen molar-refractivity contribution in [2.75, 3.05) is 6.54 Å². The van der Waals surface area contributed by atoms with Crippen molar-refractivity contribution in [1.29, 1.82) is 0 Å². The zero-order valence-electron chi connectivity index (χ0n) is 11.8. The van der Waals surface area contributed by atoms with Crippen LogP contribution < -0.4 is 11.1 Å². The molecule has 0 saturated carbocycles. The van der Waals surface area contributed by atoms with Gasteiger partial charge in [0.2, 0.25) is 5.91 Å². The van der Waals surface area contributed by atoms with Gasteiger partial charge in [-0.2, -0.15) is 0 Å². The Labute approximate surface area is 119 Å². The van der Waals surface area contributed by atoms with Gasteiger partial charge in [0.25, 0.3) is 0 Å². The quantitative estimate of drug-likeness (QED) is 0.668. The standard InChI is InChI=1S/C15H22N2O3/c1-11(5-4-8-16)15(20)17-10-13-7-3-2-6-12(13)9-14(18)19/h2-3,6-7,11H,4-5,8-10,16H2,1H3,(H,17,20)(H,18,19). The predicted molar refractivity (Wildman–Crippen MR) is 77.1 cm³/mol. The molecule has 0 bridgehead atoms. The fourth-order valence-corrected chi connectivity index (χ4v) is 1.98. The molecule has 4 N–H and O–H groups in total. The lowest BCUT2D eigenvalue weighted by molar-refractivity contribution is -0.136. The molecule has 0 aliphatic heterocycles. The molecule has 0 aromatic heterocycles. The second kappa shape index (κ2) is 8.32. The number of rotatable bonds is 8. The summed E-state index contributed by atoms with van der Waals surface area (Å²) in [6.45, 7) is 2.81. The molecule has 0 spiro atoms. The Balaban J connectivity index is 2.56. The van der Waals surface area contributed by atoms with Crippen LogP contribution in [0.15, 0.2) is 24.3 Å². The second-order valence-electron chi connectivity index (χ2n) is 4.89. The van der Waals surface area contributed by atoms with Crippen molar-refractivity contribution in [1.82, 2.24) is 5.32 Å². The molecule has 5 heteroatoms. The number of carboxylic acids is 1. The first-order valence-electron chi connectivity index (χ1n) is 6.81. The van der Waals surface area contributed by atoms with Gasteiger partial charge in [-0.25, -0.2) is 0 Å². The van der Waals surface area contributed by atoms with E-state index in [2.05, 4.69) is 5.32 Å². The van der Waals surface area contributed by atoms with Gasteiger partial charge in [-0.15, -0.1) is 0 Å². The smallest absolute Gasteiger partial charge is 0.307 e. The Morgan fingerprint density at radius 2 is 1.95 bits per heavy atom. The molecule has 1 unspecified atom stereocenters. The fourth-order valence-electron chi connectivity index (χ4n) is 1.98. The first kappa shape index (κ1) is 16.2. The number of hydrogen-bond acceptors (Lipinski definition) is 3. The molecule has 0 aliphatic carbocycles. The van der Waals surface area contributed by atoms with Crippen LogP contribution in [0.2, 0.25) is 0 Å². The topological polar surface area (TPSA) is 92.4 Å². The van der Waals surface area contributed by atoms with Crippen molar-refractivity contribution >= 4 is 11.9 Å². The molecular weight excluding hydrogens is 256 g/mol. The summed E-state index contributed by atoms with van der Waals surface area (Å²) >= 11 is 0. The monoisotopic (exact) mass is 278 g/mol. The van der Waals surface area contributed by atoms with Gasteiger partial charge in [0.05, 0.1) is 6.42 Å². The highest BCUT2D eigenvalue weighted by Crippen LogP contribution is 2.11. The van der Waals surface area contributed by atoms with Gasteiger partial charge in [0.1, 0.15) is 0 Å². The summed E-state index contributed by atoms with van der Waals surface area (Å²) in [5.41, 5.74) is 6.99. The number of hydrogen-bond donors (Lipinski definition) is 3. The summed E-state index contributed by atoms with van der Waals surface area (Å²) in [6, 6.07) is 7.24. The average Bonchev–Trinajstić information content (AvgIpc) is 2.42. The van der Waals surface area contributed by atoms with E-state index >= 15 is 0 Å². The minimum atomic E-state index is -0.875. The van der Waals surface area contributed by atoms with Crippen LogP contribution in [0.5, 0.6) is 0 Å². The molecule has 1 atom stereocenters. The lowest BCUT2D eigenvalue weighted by Crippen LogP contribution is -2.29. The zero-order chi connectivity index (χ0) is 15.0. The van der Waals surface area contributed by atoms with Gasteiger partial charge in [-0.3, -0.25) is 9.59 Å². The molecular formula is C15H22N2O3. The van der Waals surface area contributed by atoms with E-state index in [4.69, 9.17) is 10.8 Å². The van der Waals surface area contributed by atoms with Crippen molar-refractivity contribution in [2.24, 2.45) is 11.7 Å². The highest BCUT2D eigenvalue weighted by atomic mass is 16.4. The SMILES string of the molecule is CC(CCCN)C(=O)NCc1ccccc1CC(=O)O. The maximum absolute atomic E-state index is 11.9. The maximum atomic E-state index is 11.9. The lowest BCUT2D eigenvalue weighted by atomic mass is 10.0. The second-order valence-corrected chi connectivity index (χ2v) is 4.89. The van der Waals surface area contributed by atoms with Crippen LogP contribution >= 0.6 is 0 Å². The van der Waals surface area contributed by atoms with Crippen LogP contribution in [0.1, 0.15) is 30.9 Å². The van der Waals surface area contributed by atoms with E-state index in [0.29, 0.717) is 13.1 Å². The minimum Gasteiger partial charge on any atom is -0.481 e. The van der Waals surface area contributed by atoms with Crippen LogP contribution in [0.3, 0.4) is 0 Å². The fraction of sp³-hybridized carbons (Fsp3) is 0.467. The van der Waals surface area contributed by atoms with Gasteiger partial charge in [0, 0.05) is 12.5 Å². The van der Waals surface area contributed by atoms with Crippen molar-refractivity contribution in [3.63, 3.8) is 0 Å². The summed E-state index contributed by atoms with van der Waals surface area (Å²) < 4.78 is 0. The number of amides is 1. The van der Waals surface area contributed by atoms with Crippen LogP contribution in [0, 0.1) is 5.92 Å². The van der Waals surface area contributed by atoms with Crippen molar-refractivity contribution < 1.29 is 14.7 Å². The zero-order valence-corrected chi connectivity index (χ0v) is 11.8. The molecule has 1 aromatic rings. The van der Waals surface area contributed by atoms with Crippen LogP contribution in [0.25, 0.3) is 0 Å². The molecule has 0 heterocycles. The normalized spacial score (nSPS) is 11.9. The number of nitrogens with two attached hydrogens (primary N) is 1.